The molecule has 0 aliphatic rings. The number of para-hydroxylation sites is 1. The van der Waals surface area contributed by atoms with Gasteiger partial charge in [-0.25, -0.2) is 0 Å². The second-order valence-electron chi connectivity index (χ2n) is 3.45. The minimum Gasteiger partial charge on any atom is -0.497 e. The first-order valence-corrected chi connectivity index (χ1v) is 5.19. The van der Waals surface area contributed by atoms with Crippen LogP contribution in [0.25, 0.3) is 0 Å². The van der Waals surface area contributed by atoms with Crippen LogP contribution in [-0.4, -0.2) is 7.11 Å². The number of methoxy groups -OCH3 is 1. The molecule has 0 atom stereocenters. The zero-order valence-corrected chi connectivity index (χ0v) is 9.22. The van der Waals surface area contributed by atoms with E-state index in [1.54, 1.807) is 7.11 Å². The second kappa shape index (κ2) is 5.21. The fourth-order valence-electron chi connectivity index (χ4n) is 1.41. The lowest BCUT2D eigenvalue weighted by Crippen LogP contribution is -1.95. The summed E-state index contributed by atoms with van der Waals surface area (Å²) in [7, 11) is 1.66. The van der Waals surface area contributed by atoms with Gasteiger partial charge in [0, 0.05) is 0 Å². The Kier molecular flexibility index (Phi) is 3.44. The van der Waals surface area contributed by atoms with Crippen molar-refractivity contribution in [3.63, 3.8) is 0 Å². The lowest BCUT2D eigenvalue weighted by atomic mass is 10.2. The molecule has 0 unspecified atom stereocenters. The zero-order valence-electron chi connectivity index (χ0n) is 9.22. The van der Waals surface area contributed by atoms with E-state index in [0.717, 1.165) is 17.1 Å². The van der Waals surface area contributed by atoms with E-state index >= 15 is 0 Å². The van der Waals surface area contributed by atoms with Crippen molar-refractivity contribution in [2.75, 3.05) is 7.11 Å². The van der Waals surface area contributed by atoms with E-state index in [1.807, 2.05) is 54.6 Å². The van der Waals surface area contributed by atoms with Gasteiger partial charge in [-0.2, -0.15) is 0 Å². The highest BCUT2D eigenvalue weighted by Crippen LogP contribution is 2.14. The summed E-state index contributed by atoms with van der Waals surface area (Å²) in [6.45, 7) is 0.577. The van der Waals surface area contributed by atoms with Gasteiger partial charge in [-0.05, 0) is 29.8 Å². The van der Waals surface area contributed by atoms with Crippen molar-refractivity contribution in [2.45, 2.75) is 6.61 Å². The molecule has 0 saturated carbocycles. The third-order valence-corrected chi connectivity index (χ3v) is 2.31. The van der Waals surface area contributed by atoms with Crippen molar-refractivity contribution in [1.29, 1.82) is 0 Å². The molecule has 2 heteroatoms. The molecule has 0 saturated heterocycles. The van der Waals surface area contributed by atoms with Gasteiger partial charge in [0.15, 0.2) is 0 Å². The van der Waals surface area contributed by atoms with Gasteiger partial charge in [-0.1, -0.05) is 30.3 Å². The molecule has 2 rings (SSSR count). The maximum Gasteiger partial charge on any atom is 0.119 e. The number of hydrogen-bond donors (Lipinski definition) is 0. The smallest absolute Gasteiger partial charge is 0.119 e. The van der Waals surface area contributed by atoms with Crippen LogP contribution < -0.4 is 9.47 Å². The molecule has 82 valence electrons. The van der Waals surface area contributed by atoms with E-state index in [1.165, 1.54) is 0 Å². The topological polar surface area (TPSA) is 18.5 Å². The Morgan fingerprint density at radius 3 is 2.12 bits per heavy atom. The Hall–Kier alpha value is -1.96. The lowest BCUT2D eigenvalue weighted by Gasteiger charge is -2.06. The number of hydrogen-bond acceptors (Lipinski definition) is 2. The summed E-state index contributed by atoms with van der Waals surface area (Å²) < 4.78 is 10.7. The summed E-state index contributed by atoms with van der Waals surface area (Å²) in [5.41, 5.74) is 1.13. The van der Waals surface area contributed by atoms with E-state index in [0.29, 0.717) is 6.61 Å². The van der Waals surface area contributed by atoms with Crippen LogP contribution in [0, 0.1) is 0 Å². The van der Waals surface area contributed by atoms with Crippen LogP contribution in [0.1, 0.15) is 5.56 Å². The predicted octanol–water partition coefficient (Wildman–Crippen LogP) is 3.27. The van der Waals surface area contributed by atoms with Gasteiger partial charge in [0.25, 0.3) is 0 Å². The van der Waals surface area contributed by atoms with E-state index in [4.69, 9.17) is 9.47 Å². The molecule has 0 aliphatic heterocycles. The Morgan fingerprint density at radius 2 is 1.50 bits per heavy atom. The van der Waals surface area contributed by atoms with Crippen molar-refractivity contribution in [3.8, 4) is 11.5 Å². The van der Waals surface area contributed by atoms with Crippen molar-refractivity contribution in [3.05, 3.63) is 60.2 Å². The van der Waals surface area contributed by atoms with E-state index in [9.17, 15) is 0 Å². The highest BCUT2D eigenvalue weighted by atomic mass is 16.5. The van der Waals surface area contributed by atoms with Gasteiger partial charge in [0.05, 0.1) is 7.11 Å². The molecular weight excluding hydrogens is 200 g/mol. The quantitative estimate of drug-likeness (QED) is 0.777. The van der Waals surface area contributed by atoms with Crippen LogP contribution in [0.5, 0.6) is 11.5 Å². The van der Waals surface area contributed by atoms with Gasteiger partial charge in [-0.15, -0.1) is 0 Å². The molecule has 0 N–H and O–H groups in total. The number of rotatable bonds is 4. The summed E-state index contributed by atoms with van der Waals surface area (Å²) in [5, 5.41) is 0. The van der Waals surface area contributed by atoms with Crippen molar-refractivity contribution in [2.24, 2.45) is 0 Å². The first-order valence-electron chi connectivity index (χ1n) is 5.19. The molecule has 2 aromatic rings. The second-order valence-corrected chi connectivity index (χ2v) is 3.45. The SMILES string of the molecule is COc1ccc(COc2ccccc2)cc1. The Balaban J connectivity index is 1.94. The molecule has 0 bridgehead atoms. The third-order valence-electron chi connectivity index (χ3n) is 2.31. The fraction of sp³-hybridized carbons (Fsp3) is 0.143. The molecule has 0 aromatic heterocycles. The highest BCUT2D eigenvalue weighted by molar-refractivity contribution is 5.27. The number of benzene rings is 2. The Labute approximate surface area is 95.4 Å². The molecule has 0 aliphatic carbocycles. The normalized spacial score (nSPS) is 9.81. The van der Waals surface area contributed by atoms with Gasteiger partial charge < -0.3 is 9.47 Å². The summed E-state index contributed by atoms with van der Waals surface area (Å²) in [5.74, 6) is 1.75. The Morgan fingerprint density at radius 1 is 0.812 bits per heavy atom. The van der Waals surface area contributed by atoms with Gasteiger partial charge in [0.2, 0.25) is 0 Å². The zero-order chi connectivity index (χ0) is 11.2. The summed E-state index contributed by atoms with van der Waals surface area (Å²) in [4.78, 5) is 0. The average molecular weight is 214 g/mol. The van der Waals surface area contributed by atoms with Crippen LogP contribution in [0.3, 0.4) is 0 Å². The first kappa shape index (κ1) is 10.6. The van der Waals surface area contributed by atoms with Crippen LogP contribution in [0.15, 0.2) is 54.6 Å². The third kappa shape index (κ3) is 2.76. The van der Waals surface area contributed by atoms with Crippen LogP contribution >= 0.6 is 0 Å². The van der Waals surface area contributed by atoms with Crippen LogP contribution in [0.2, 0.25) is 0 Å². The largest absolute Gasteiger partial charge is 0.497 e. The molecule has 0 spiro atoms. The molecule has 2 nitrogen and oxygen atoms in total. The van der Waals surface area contributed by atoms with Crippen molar-refractivity contribution < 1.29 is 9.47 Å². The van der Waals surface area contributed by atoms with Gasteiger partial charge >= 0.3 is 0 Å². The molecule has 0 heterocycles. The molecule has 16 heavy (non-hydrogen) atoms. The van der Waals surface area contributed by atoms with E-state index in [2.05, 4.69) is 0 Å². The Bertz CT molecular complexity index is 420. The first-order chi connectivity index (χ1) is 7.88. The van der Waals surface area contributed by atoms with Crippen molar-refractivity contribution in [1.82, 2.24) is 0 Å². The molecule has 0 radical (unpaired) electrons. The lowest BCUT2D eigenvalue weighted by molar-refractivity contribution is 0.306. The molecular formula is C14H14O2. The van der Waals surface area contributed by atoms with Crippen molar-refractivity contribution >= 4 is 0 Å². The monoisotopic (exact) mass is 214 g/mol. The summed E-state index contributed by atoms with van der Waals surface area (Å²) in [6.07, 6.45) is 0. The minimum atomic E-state index is 0.577. The van der Waals surface area contributed by atoms with E-state index < -0.39 is 0 Å². The summed E-state index contributed by atoms with van der Waals surface area (Å²) in [6, 6.07) is 17.7. The van der Waals surface area contributed by atoms with E-state index in [-0.39, 0.29) is 0 Å². The van der Waals surface area contributed by atoms with Gasteiger partial charge in [0.1, 0.15) is 18.1 Å². The maximum atomic E-state index is 5.62. The highest BCUT2D eigenvalue weighted by Gasteiger charge is 1.96. The molecule has 2 aromatic carbocycles. The fourth-order valence-corrected chi connectivity index (χ4v) is 1.41. The average Bonchev–Trinajstić information content (AvgIpc) is 2.38. The standard InChI is InChI=1S/C14H14O2/c1-15-13-9-7-12(8-10-13)11-16-14-5-3-2-4-6-14/h2-10H,11H2,1H3. The molecule has 0 fully saturated rings. The van der Waals surface area contributed by atoms with Gasteiger partial charge in [-0.3, -0.25) is 0 Å². The summed E-state index contributed by atoms with van der Waals surface area (Å²) >= 11 is 0. The number of ether oxygens (including phenoxy) is 2. The molecule has 0 amide bonds. The maximum absolute atomic E-state index is 5.62. The van der Waals surface area contributed by atoms with Crippen LogP contribution in [-0.2, 0) is 6.61 Å². The minimum absolute atomic E-state index is 0.577. The van der Waals surface area contributed by atoms with Crippen LogP contribution in [0.4, 0.5) is 0 Å². The predicted molar refractivity (Wildman–Crippen MR) is 63.8 cm³/mol.